The van der Waals surface area contributed by atoms with E-state index in [1.54, 1.807) is 18.2 Å². The first-order valence-electron chi connectivity index (χ1n) is 6.29. The number of hydrogen-bond acceptors (Lipinski definition) is 5. The average molecular weight is 286 g/mol. The maximum Gasteiger partial charge on any atom is 0.339 e. The topological polar surface area (TPSA) is 97.2 Å². The number of benzene rings is 1. The maximum absolute atomic E-state index is 11.7. The van der Waals surface area contributed by atoms with E-state index in [9.17, 15) is 4.79 Å². The van der Waals surface area contributed by atoms with Crippen molar-refractivity contribution in [1.82, 2.24) is 4.98 Å². The SMILES string of the molecule is COC(=O)c1cnc2ccc(OC(C)C)cc2c1N=[N+]=[N-]. The Bertz CT molecular complexity index is 736. The van der Waals surface area contributed by atoms with Crippen LogP contribution in [0.25, 0.3) is 21.3 Å². The summed E-state index contributed by atoms with van der Waals surface area (Å²) in [4.78, 5) is 18.7. The minimum Gasteiger partial charge on any atom is -0.491 e. The fraction of sp³-hybridized carbons (Fsp3) is 0.286. The van der Waals surface area contributed by atoms with Gasteiger partial charge in [-0.2, -0.15) is 0 Å². The number of azide groups is 1. The van der Waals surface area contributed by atoms with Gasteiger partial charge in [0, 0.05) is 16.5 Å². The molecule has 0 spiro atoms. The second-order valence-electron chi connectivity index (χ2n) is 4.55. The van der Waals surface area contributed by atoms with E-state index >= 15 is 0 Å². The van der Waals surface area contributed by atoms with Gasteiger partial charge in [-0.15, -0.1) is 0 Å². The fourth-order valence-corrected chi connectivity index (χ4v) is 1.91. The Hall–Kier alpha value is -2.79. The number of rotatable bonds is 4. The van der Waals surface area contributed by atoms with Crippen LogP contribution in [0.3, 0.4) is 0 Å². The van der Waals surface area contributed by atoms with Crippen molar-refractivity contribution in [3.63, 3.8) is 0 Å². The summed E-state index contributed by atoms with van der Waals surface area (Å²) >= 11 is 0. The number of esters is 1. The summed E-state index contributed by atoms with van der Waals surface area (Å²) in [6, 6.07) is 5.20. The maximum atomic E-state index is 11.7. The molecule has 0 saturated carbocycles. The van der Waals surface area contributed by atoms with Crippen molar-refractivity contribution < 1.29 is 14.3 Å². The van der Waals surface area contributed by atoms with Crippen LogP contribution in [0.2, 0.25) is 0 Å². The van der Waals surface area contributed by atoms with Gasteiger partial charge in [-0.25, -0.2) is 4.79 Å². The molecule has 0 N–H and O–H groups in total. The molecule has 2 aromatic rings. The van der Waals surface area contributed by atoms with Crippen LogP contribution in [0.5, 0.6) is 5.75 Å². The number of fused-ring (bicyclic) bond motifs is 1. The number of ether oxygens (including phenoxy) is 2. The van der Waals surface area contributed by atoms with Crippen LogP contribution in [-0.2, 0) is 4.74 Å². The Labute approximate surface area is 121 Å². The van der Waals surface area contributed by atoms with Gasteiger partial charge in [0.1, 0.15) is 5.75 Å². The average Bonchev–Trinajstić information content (AvgIpc) is 2.46. The molecule has 108 valence electrons. The van der Waals surface area contributed by atoms with Crippen molar-refractivity contribution in [3.05, 3.63) is 40.4 Å². The summed E-state index contributed by atoms with van der Waals surface area (Å²) in [5.41, 5.74) is 9.62. The molecule has 0 unspecified atom stereocenters. The summed E-state index contributed by atoms with van der Waals surface area (Å²) < 4.78 is 10.3. The second kappa shape index (κ2) is 6.11. The van der Waals surface area contributed by atoms with Crippen molar-refractivity contribution in [2.24, 2.45) is 5.11 Å². The van der Waals surface area contributed by atoms with E-state index < -0.39 is 5.97 Å². The third-order valence-corrected chi connectivity index (χ3v) is 2.73. The van der Waals surface area contributed by atoms with Crippen molar-refractivity contribution in [2.45, 2.75) is 20.0 Å². The first kappa shape index (κ1) is 14.6. The number of aromatic nitrogens is 1. The molecule has 0 amide bonds. The van der Waals surface area contributed by atoms with E-state index in [1.807, 2.05) is 13.8 Å². The van der Waals surface area contributed by atoms with Crippen molar-refractivity contribution >= 4 is 22.6 Å². The summed E-state index contributed by atoms with van der Waals surface area (Å²) in [6.07, 6.45) is 1.34. The number of methoxy groups -OCH3 is 1. The molecule has 7 nitrogen and oxygen atoms in total. The molecular weight excluding hydrogens is 272 g/mol. The normalized spacial score (nSPS) is 10.3. The van der Waals surface area contributed by atoms with Crippen LogP contribution in [0, 0.1) is 0 Å². The van der Waals surface area contributed by atoms with E-state index in [1.165, 1.54) is 13.3 Å². The zero-order valence-electron chi connectivity index (χ0n) is 11.9. The molecule has 0 saturated heterocycles. The van der Waals surface area contributed by atoms with Gasteiger partial charge < -0.3 is 9.47 Å². The third kappa shape index (κ3) is 3.04. The summed E-state index contributed by atoms with van der Waals surface area (Å²) in [5, 5.41) is 4.14. The van der Waals surface area contributed by atoms with Crippen molar-refractivity contribution in [3.8, 4) is 5.75 Å². The molecule has 21 heavy (non-hydrogen) atoms. The Morgan fingerprint density at radius 1 is 1.43 bits per heavy atom. The molecule has 0 bridgehead atoms. The van der Waals surface area contributed by atoms with E-state index in [-0.39, 0.29) is 17.4 Å². The second-order valence-corrected chi connectivity index (χ2v) is 4.55. The minimum absolute atomic E-state index is 0.00196. The molecule has 7 heteroatoms. The zero-order valence-corrected chi connectivity index (χ0v) is 11.9. The first-order valence-corrected chi connectivity index (χ1v) is 6.29. The molecule has 0 aliphatic rings. The Morgan fingerprint density at radius 2 is 2.19 bits per heavy atom. The molecule has 1 aromatic heterocycles. The van der Waals surface area contributed by atoms with Crippen molar-refractivity contribution in [2.75, 3.05) is 7.11 Å². The molecule has 0 aliphatic carbocycles. The largest absolute Gasteiger partial charge is 0.491 e. The Morgan fingerprint density at radius 3 is 2.81 bits per heavy atom. The highest BCUT2D eigenvalue weighted by atomic mass is 16.5. The fourth-order valence-electron chi connectivity index (χ4n) is 1.91. The van der Waals surface area contributed by atoms with Gasteiger partial charge in [-0.1, -0.05) is 5.11 Å². The summed E-state index contributed by atoms with van der Waals surface area (Å²) in [7, 11) is 1.25. The van der Waals surface area contributed by atoms with Crippen LogP contribution < -0.4 is 4.74 Å². The van der Waals surface area contributed by atoms with Gasteiger partial charge in [-0.05, 0) is 37.6 Å². The lowest BCUT2D eigenvalue weighted by atomic mass is 10.1. The number of carbonyl (C=O) groups excluding carboxylic acids is 1. The summed E-state index contributed by atoms with van der Waals surface area (Å²) in [5.74, 6) is -0.00214. The monoisotopic (exact) mass is 286 g/mol. The molecule has 0 radical (unpaired) electrons. The molecule has 2 rings (SSSR count). The quantitative estimate of drug-likeness (QED) is 0.370. The number of hydrogen-bond donors (Lipinski definition) is 0. The highest BCUT2D eigenvalue weighted by Crippen LogP contribution is 2.32. The first-order chi connectivity index (χ1) is 10.1. The van der Waals surface area contributed by atoms with Gasteiger partial charge in [-0.3, -0.25) is 4.98 Å². The van der Waals surface area contributed by atoms with Crippen LogP contribution in [0.15, 0.2) is 29.5 Å². The molecular formula is C14H14N4O3. The van der Waals surface area contributed by atoms with Gasteiger partial charge >= 0.3 is 5.97 Å². The lowest BCUT2D eigenvalue weighted by Gasteiger charge is -2.12. The molecule has 0 aliphatic heterocycles. The summed E-state index contributed by atoms with van der Waals surface area (Å²) in [6.45, 7) is 3.81. The molecule has 1 aromatic carbocycles. The Balaban J connectivity index is 2.70. The van der Waals surface area contributed by atoms with E-state index in [4.69, 9.17) is 10.3 Å². The predicted molar refractivity (Wildman–Crippen MR) is 77.7 cm³/mol. The van der Waals surface area contributed by atoms with Crippen LogP contribution in [-0.4, -0.2) is 24.2 Å². The number of pyridine rings is 1. The van der Waals surface area contributed by atoms with Gasteiger partial charge in [0.15, 0.2) is 0 Å². The van der Waals surface area contributed by atoms with Crippen LogP contribution >= 0.6 is 0 Å². The van der Waals surface area contributed by atoms with Gasteiger partial charge in [0.2, 0.25) is 0 Å². The molecule has 0 fully saturated rings. The van der Waals surface area contributed by atoms with E-state index in [0.717, 1.165) is 0 Å². The standard InChI is InChI=1S/C14H14N4O3/c1-8(2)21-9-4-5-12-10(6-9)13(17-18-15)11(7-16-12)14(19)20-3/h4-8H,1-3H3. The van der Waals surface area contributed by atoms with Crippen LogP contribution in [0.1, 0.15) is 24.2 Å². The minimum atomic E-state index is -0.609. The van der Waals surface area contributed by atoms with E-state index in [0.29, 0.717) is 16.7 Å². The highest BCUT2D eigenvalue weighted by Gasteiger charge is 2.15. The zero-order chi connectivity index (χ0) is 15.4. The Kier molecular flexibility index (Phi) is 4.25. The lowest BCUT2D eigenvalue weighted by molar-refractivity contribution is 0.0601. The lowest BCUT2D eigenvalue weighted by Crippen LogP contribution is -2.06. The predicted octanol–water partition coefficient (Wildman–Crippen LogP) is 3.75. The van der Waals surface area contributed by atoms with E-state index in [2.05, 4.69) is 19.7 Å². The smallest absolute Gasteiger partial charge is 0.339 e. The highest BCUT2D eigenvalue weighted by molar-refractivity contribution is 6.03. The molecule has 0 atom stereocenters. The van der Waals surface area contributed by atoms with Crippen molar-refractivity contribution in [1.29, 1.82) is 0 Å². The van der Waals surface area contributed by atoms with Gasteiger partial charge in [0.05, 0.1) is 30.0 Å². The molecule has 1 heterocycles. The van der Waals surface area contributed by atoms with Crippen LogP contribution in [0.4, 0.5) is 5.69 Å². The number of nitrogens with zero attached hydrogens (tertiary/aromatic N) is 4. The third-order valence-electron chi connectivity index (χ3n) is 2.73. The number of carbonyl (C=O) groups is 1. The van der Waals surface area contributed by atoms with Gasteiger partial charge in [0.25, 0.3) is 0 Å².